The Morgan fingerprint density at radius 2 is 1.91 bits per heavy atom. The number of H-pyrrole nitrogens is 1. The molecule has 2 fully saturated rings. The van der Waals surface area contributed by atoms with Crippen LogP contribution in [0.15, 0.2) is 29.2 Å². The molecule has 2 atom stereocenters. The van der Waals surface area contributed by atoms with E-state index in [4.69, 9.17) is 9.72 Å². The van der Waals surface area contributed by atoms with E-state index < -0.39 is 10.8 Å². The number of piperidine rings is 1. The van der Waals surface area contributed by atoms with Gasteiger partial charge in [0.05, 0.1) is 25.8 Å². The maximum absolute atomic E-state index is 12.8. The number of ether oxygens (including phenoxy) is 1. The topological polar surface area (TPSA) is 91.4 Å². The molecule has 3 heterocycles. The molecule has 0 aliphatic carbocycles. The van der Waals surface area contributed by atoms with Gasteiger partial charge in [0.25, 0.3) is 0 Å². The number of benzene rings is 1. The van der Waals surface area contributed by atoms with Crippen LogP contribution in [-0.2, 0) is 22.1 Å². The number of aromatic nitrogens is 3. The van der Waals surface area contributed by atoms with Crippen molar-refractivity contribution >= 4 is 16.8 Å². The number of hydrogen-bond acceptors (Lipinski definition) is 5. The van der Waals surface area contributed by atoms with Crippen molar-refractivity contribution in [3.05, 3.63) is 41.5 Å². The summed E-state index contributed by atoms with van der Waals surface area (Å²) in [4.78, 5) is 22.1. The van der Waals surface area contributed by atoms with Gasteiger partial charge in [-0.15, -0.1) is 0 Å². The highest BCUT2D eigenvalue weighted by Gasteiger charge is 2.35. The summed E-state index contributed by atoms with van der Waals surface area (Å²) in [6.45, 7) is 7.55. The van der Waals surface area contributed by atoms with E-state index in [1.54, 1.807) is 6.26 Å². The van der Waals surface area contributed by atoms with Gasteiger partial charge in [0, 0.05) is 46.9 Å². The lowest BCUT2D eigenvalue weighted by Gasteiger charge is -2.43. The molecule has 4 rings (SSSR count). The Hall–Kier alpha value is -2.26. The van der Waals surface area contributed by atoms with Crippen LogP contribution in [0.3, 0.4) is 0 Å². The monoisotopic (exact) mass is 459 g/mol. The molecule has 174 valence electrons. The van der Waals surface area contributed by atoms with Crippen LogP contribution in [0.25, 0.3) is 0 Å². The fraction of sp³-hybridized carbons (Fsp3) is 0.609. The number of carbonyl (C=O) groups is 1. The smallest absolute Gasteiger partial charge is 0.320 e. The van der Waals surface area contributed by atoms with Crippen LogP contribution >= 0.6 is 0 Å². The Morgan fingerprint density at radius 3 is 2.53 bits per heavy atom. The molecule has 0 radical (unpaired) electrons. The summed E-state index contributed by atoms with van der Waals surface area (Å²) in [5, 5.41) is 7.49. The molecule has 32 heavy (non-hydrogen) atoms. The van der Waals surface area contributed by atoms with Crippen LogP contribution < -0.4 is 0 Å². The molecule has 0 saturated carbocycles. The van der Waals surface area contributed by atoms with Gasteiger partial charge in [-0.25, -0.2) is 9.78 Å². The lowest BCUT2D eigenvalue weighted by molar-refractivity contribution is -0.0502. The molecule has 2 aromatic rings. The zero-order valence-corrected chi connectivity index (χ0v) is 19.9. The van der Waals surface area contributed by atoms with Crippen LogP contribution in [-0.4, -0.2) is 73.8 Å². The Labute approximate surface area is 192 Å². The average Bonchev–Trinajstić information content (AvgIpc) is 3.28. The Bertz CT molecular complexity index is 933. The molecule has 1 N–H and O–H groups in total. The SMILES string of the molecule is CC[C@@H](C)c1n[nH]c(C2CCN(C(=O)N3CC(OCc4ccc(S(C)=O)cc4)C3)CC2)n1. The molecule has 1 aromatic heterocycles. The van der Waals surface area contributed by atoms with E-state index >= 15 is 0 Å². The minimum Gasteiger partial charge on any atom is -0.370 e. The molecule has 2 saturated heterocycles. The second kappa shape index (κ2) is 10.1. The highest BCUT2D eigenvalue weighted by atomic mass is 32.2. The number of carbonyl (C=O) groups excluding carboxylic acids is 1. The van der Waals surface area contributed by atoms with Crippen LogP contribution in [0.4, 0.5) is 4.79 Å². The summed E-state index contributed by atoms with van der Waals surface area (Å²) in [6, 6.07) is 7.75. The molecule has 9 heteroatoms. The van der Waals surface area contributed by atoms with Gasteiger partial charge in [-0.05, 0) is 37.0 Å². The van der Waals surface area contributed by atoms with Crippen LogP contribution in [0.1, 0.15) is 62.2 Å². The van der Waals surface area contributed by atoms with Crippen LogP contribution in [0.2, 0.25) is 0 Å². The first kappa shape index (κ1) is 22.9. The number of urea groups is 1. The van der Waals surface area contributed by atoms with E-state index in [0.29, 0.717) is 31.5 Å². The maximum Gasteiger partial charge on any atom is 0.320 e. The molecular formula is C23H33N5O3S. The summed E-state index contributed by atoms with van der Waals surface area (Å²) in [5.41, 5.74) is 1.05. The number of nitrogens with one attached hydrogen (secondary N) is 1. The Morgan fingerprint density at radius 1 is 1.22 bits per heavy atom. The molecule has 2 aliphatic rings. The second-order valence-electron chi connectivity index (χ2n) is 8.87. The van der Waals surface area contributed by atoms with Crippen molar-refractivity contribution in [2.45, 2.75) is 62.6 Å². The molecule has 2 aliphatic heterocycles. The first-order valence-corrected chi connectivity index (χ1v) is 13.0. The van der Waals surface area contributed by atoms with E-state index in [-0.39, 0.29) is 12.1 Å². The fourth-order valence-electron chi connectivity index (χ4n) is 4.11. The third-order valence-corrected chi connectivity index (χ3v) is 7.52. The number of rotatable bonds is 7. The quantitative estimate of drug-likeness (QED) is 0.686. The maximum atomic E-state index is 12.8. The van der Waals surface area contributed by atoms with Gasteiger partial charge in [0.2, 0.25) is 0 Å². The molecule has 8 nitrogen and oxygen atoms in total. The highest BCUT2D eigenvalue weighted by molar-refractivity contribution is 7.84. The summed E-state index contributed by atoms with van der Waals surface area (Å²) in [6.07, 6.45) is 4.59. The largest absolute Gasteiger partial charge is 0.370 e. The summed E-state index contributed by atoms with van der Waals surface area (Å²) in [7, 11) is -0.966. The lowest BCUT2D eigenvalue weighted by atomic mass is 9.96. The molecule has 0 bridgehead atoms. The van der Waals surface area contributed by atoms with Gasteiger partial charge >= 0.3 is 6.03 Å². The summed E-state index contributed by atoms with van der Waals surface area (Å²) in [5.74, 6) is 2.56. The van der Waals surface area contributed by atoms with Gasteiger partial charge in [0.15, 0.2) is 5.82 Å². The number of nitrogens with zero attached hydrogens (tertiary/aromatic N) is 4. The van der Waals surface area contributed by atoms with Crippen molar-refractivity contribution in [2.75, 3.05) is 32.4 Å². The first-order chi connectivity index (χ1) is 15.4. The number of hydrogen-bond donors (Lipinski definition) is 1. The number of aromatic amines is 1. The molecule has 1 unspecified atom stereocenters. The average molecular weight is 460 g/mol. The van der Waals surface area contributed by atoms with Gasteiger partial charge in [0.1, 0.15) is 5.82 Å². The fourth-order valence-corrected chi connectivity index (χ4v) is 4.63. The summed E-state index contributed by atoms with van der Waals surface area (Å²) < 4.78 is 17.4. The number of amides is 2. The van der Waals surface area contributed by atoms with Crippen molar-refractivity contribution < 1.29 is 13.7 Å². The van der Waals surface area contributed by atoms with Gasteiger partial charge in [-0.3, -0.25) is 9.31 Å². The molecule has 0 spiro atoms. The normalized spacial score (nSPS) is 19.6. The minimum atomic E-state index is -0.966. The van der Waals surface area contributed by atoms with Gasteiger partial charge in [-0.2, -0.15) is 5.10 Å². The van der Waals surface area contributed by atoms with E-state index in [9.17, 15) is 9.00 Å². The van der Waals surface area contributed by atoms with Gasteiger partial charge in [-0.1, -0.05) is 26.0 Å². The van der Waals surface area contributed by atoms with Crippen molar-refractivity contribution in [3.8, 4) is 0 Å². The Kier molecular flexibility index (Phi) is 7.25. The van der Waals surface area contributed by atoms with Crippen molar-refractivity contribution in [2.24, 2.45) is 0 Å². The Balaban J connectivity index is 1.18. The minimum absolute atomic E-state index is 0.0737. The predicted molar refractivity (Wildman–Crippen MR) is 123 cm³/mol. The van der Waals surface area contributed by atoms with Crippen molar-refractivity contribution in [3.63, 3.8) is 0 Å². The zero-order chi connectivity index (χ0) is 22.7. The second-order valence-corrected chi connectivity index (χ2v) is 10.2. The van der Waals surface area contributed by atoms with E-state index in [1.165, 1.54) is 0 Å². The predicted octanol–water partition coefficient (Wildman–Crippen LogP) is 3.26. The number of likely N-dealkylation sites (tertiary alicyclic amines) is 2. The molecule has 2 amide bonds. The lowest BCUT2D eigenvalue weighted by Crippen LogP contribution is -2.59. The summed E-state index contributed by atoms with van der Waals surface area (Å²) >= 11 is 0. The van der Waals surface area contributed by atoms with E-state index in [1.807, 2.05) is 34.1 Å². The van der Waals surface area contributed by atoms with E-state index in [2.05, 4.69) is 24.0 Å². The van der Waals surface area contributed by atoms with E-state index in [0.717, 1.165) is 54.5 Å². The third kappa shape index (κ3) is 5.20. The molecule has 1 aromatic carbocycles. The van der Waals surface area contributed by atoms with Gasteiger partial charge < -0.3 is 14.5 Å². The van der Waals surface area contributed by atoms with Crippen molar-refractivity contribution in [1.82, 2.24) is 25.0 Å². The third-order valence-electron chi connectivity index (χ3n) is 6.58. The molecular weight excluding hydrogens is 426 g/mol. The van der Waals surface area contributed by atoms with Crippen LogP contribution in [0.5, 0.6) is 0 Å². The first-order valence-electron chi connectivity index (χ1n) is 11.4. The standard InChI is InChI=1S/C23H33N5O3S/c1-4-16(2)21-24-22(26-25-21)18-9-11-27(12-10-18)23(29)28-13-19(14-28)31-15-17-5-7-20(8-6-17)32(3)30/h5-8,16,18-19H,4,9-15H2,1-3H3,(H,24,25,26)/t16-,32?/m1/s1. The zero-order valence-electron chi connectivity index (χ0n) is 19.1. The highest BCUT2D eigenvalue weighted by Crippen LogP contribution is 2.28. The van der Waals surface area contributed by atoms with Crippen molar-refractivity contribution in [1.29, 1.82) is 0 Å². The van der Waals surface area contributed by atoms with Crippen LogP contribution in [0, 0.1) is 0 Å².